The summed E-state index contributed by atoms with van der Waals surface area (Å²) in [6.45, 7) is 9.42. The van der Waals surface area contributed by atoms with Crippen molar-refractivity contribution in [2.45, 2.75) is 33.1 Å². The lowest BCUT2D eigenvalue weighted by atomic mass is 9.85. The first-order chi connectivity index (χ1) is 13.4. The Morgan fingerprint density at radius 2 is 1.68 bits per heavy atom. The van der Waals surface area contributed by atoms with Crippen molar-refractivity contribution in [2.75, 3.05) is 13.2 Å². The van der Waals surface area contributed by atoms with E-state index in [0.717, 1.165) is 27.6 Å². The molecule has 0 aliphatic heterocycles. The van der Waals surface area contributed by atoms with Crippen LogP contribution < -0.4 is 9.47 Å². The van der Waals surface area contributed by atoms with E-state index in [2.05, 4.69) is 51.0 Å². The van der Waals surface area contributed by atoms with E-state index in [9.17, 15) is 0 Å². The normalized spacial score (nSPS) is 11.9. The van der Waals surface area contributed by atoms with Gasteiger partial charge in [0, 0.05) is 5.56 Å². The van der Waals surface area contributed by atoms with Gasteiger partial charge in [0.25, 0.3) is 0 Å². The largest absolute Gasteiger partial charge is 0.489 e. The molecule has 3 aromatic rings. The molecule has 0 bridgehead atoms. The maximum absolute atomic E-state index is 9.05. The van der Waals surface area contributed by atoms with E-state index >= 15 is 0 Å². The summed E-state index contributed by atoms with van der Waals surface area (Å²) in [4.78, 5) is 0. The molecule has 3 rings (SSSR count). The minimum absolute atomic E-state index is 0.00527. The van der Waals surface area contributed by atoms with Gasteiger partial charge in [0.05, 0.1) is 6.21 Å². The highest BCUT2D eigenvalue weighted by Crippen LogP contribution is 2.34. The Morgan fingerprint density at radius 3 is 2.43 bits per heavy atom. The Balaban J connectivity index is 1.74. The second-order valence-electron chi connectivity index (χ2n) is 7.84. The lowest BCUT2D eigenvalue weighted by molar-refractivity contribution is 0.213. The van der Waals surface area contributed by atoms with Crippen molar-refractivity contribution in [2.24, 2.45) is 5.16 Å². The van der Waals surface area contributed by atoms with Crippen molar-refractivity contribution in [1.82, 2.24) is 0 Å². The van der Waals surface area contributed by atoms with E-state index in [0.29, 0.717) is 19.0 Å². The maximum atomic E-state index is 9.05. The summed E-state index contributed by atoms with van der Waals surface area (Å²) < 4.78 is 12.1. The lowest BCUT2D eigenvalue weighted by Crippen LogP contribution is -2.17. The summed E-state index contributed by atoms with van der Waals surface area (Å²) in [6.07, 6.45) is 1.41. The third kappa shape index (κ3) is 4.28. The quantitative estimate of drug-likeness (QED) is 0.259. The first-order valence-corrected chi connectivity index (χ1v) is 9.46. The number of benzene rings is 3. The first-order valence-electron chi connectivity index (χ1n) is 9.46. The van der Waals surface area contributed by atoms with Crippen molar-refractivity contribution in [3.05, 3.63) is 71.3 Å². The average molecular weight is 377 g/mol. The molecular formula is C24H27NO3. The zero-order chi connectivity index (χ0) is 20.1. The summed E-state index contributed by atoms with van der Waals surface area (Å²) in [5, 5.41) is 14.3. The van der Waals surface area contributed by atoms with Crippen LogP contribution in [0.15, 0.2) is 59.8 Å². The SMILES string of the molecule is Cc1cccc(C(C)(C)C)c1OCCOc1ccc2ccccc2c1C=NO. The van der Waals surface area contributed by atoms with Crippen LogP contribution in [0.4, 0.5) is 0 Å². The Hall–Kier alpha value is -3.01. The smallest absolute Gasteiger partial charge is 0.129 e. The van der Waals surface area contributed by atoms with Crippen LogP contribution in [0.3, 0.4) is 0 Å². The zero-order valence-corrected chi connectivity index (χ0v) is 16.9. The van der Waals surface area contributed by atoms with Crippen LogP contribution >= 0.6 is 0 Å². The van der Waals surface area contributed by atoms with Gasteiger partial charge >= 0.3 is 0 Å². The molecule has 0 aliphatic carbocycles. The molecule has 0 aliphatic rings. The number of nitrogens with zero attached hydrogens (tertiary/aromatic N) is 1. The number of hydrogen-bond donors (Lipinski definition) is 1. The van der Waals surface area contributed by atoms with Crippen LogP contribution in [0.5, 0.6) is 11.5 Å². The van der Waals surface area contributed by atoms with Crippen molar-refractivity contribution in [3.8, 4) is 11.5 Å². The van der Waals surface area contributed by atoms with Gasteiger partial charge in [0.15, 0.2) is 0 Å². The van der Waals surface area contributed by atoms with E-state index < -0.39 is 0 Å². The monoisotopic (exact) mass is 377 g/mol. The first kappa shape index (κ1) is 19.7. The van der Waals surface area contributed by atoms with Gasteiger partial charge in [-0.15, -0.1) is 0 Å². The summed E-state index contributed by atoms with van der Waals surface area (Å²) in [7, 11) is 0. The third-order valence-electron chi connectivity index (χ3n) is 4.72. The minimum Gasteiger partial charge on any atom is -0.489 e. The van der Waals surface area contributed by atoms with E-state index in [1.54, 1.807) is 0 Å². The maximum Gasteiger partial charge on any atom is 0.129 e. The van der Waals surface area contributed by atoms with Gasteiger partial charge in [0.1, 0.15) is 24.7 Å². The fraction of sp³-hybridized carbons (Fsp3) is 0.292. The lowest BCUT2D eigenvalue weighted by Gasteiger charge is -2.24. The topological polar surface area (TPSA) is 51.0 Å². The molecule has 4 heteroatoms. The van der Waals surface area contributed by atoms with Crippen molar-refractivity contribution in [3.63, 3.8) is 0 Å². The predicted octanol–water partition coefficient (Wildman–Crippen LogP) is 5.71. The highest BCUT2D eigenvalue weighted by molar-refractivity contribution is 6.02. The van der Waals surface area contributed by atoms with E-state index in [-0.39, 0.29) is 5.41 Å². The molecule has 0 saturated heterocycles. The molecule has 0 spiro atoms. The van der Waals surface area contributed by atoms with Gasteiger partial charge in [0.2, 0.25) is 0 Å². The Bertz CT molecular complexity index is 987. The molecule has 0 radical (unpaired) electrons. The number of rotatable bonds is 6. The summed E-state index contributed by atoms with van der Waals surface area (Å²) in [5.41, 5.74) is 3.06. The van der Waals surface area contributed by atoms with Crippen LogP contribution in [0.2, 0.25) is 0 Å². The molecule has 0 fully saturated rings. The fourth-order valence-corrected chi connectivity index (χ4v) is 3.32. The molecule has 28 heavy (non-hydrogen) atoms. The van der Waals surface area contributed by atoms with Gasteiger partial charge in [-0.05, 0) is 40.3 Å². The Labute approximate surface area is 166 Å². The summed E-state index contributed by atoms with van der Waals surface area (Å²) in [6, 6.07) is 18.1. The molecule has 0 unspecified atom stereocenters. The predicted molar refractivity (Wildman–Crippen MR) is 114 cm³/mol. The standard InChI is InChI=1S/C24H27NO3/c1-17-8-7-11-21(24(2,3)4)23(17)28-15-14-27-22-13-12-18-9-5-6-10-19(18)20(22)16-25-26/h5-13,16,26H,14-15H2,1-4H3. The van der Waals surface area contributed by atoms with Gasteiger partial charge < -0.3 is 14.7 Å². The van der Waals surface area contributed by atoms with Crippen LogP contribution in [-0.2, 0) is 5.41 Å². The number of fused-ring (bicyclic) bond motifs is 1. The van der Waals surface area contributed by atoms with Gasteiger partial charge in [-0.1, -0.05) is 74.5 Å². The molecule has 4 nitrogen and oxygen atoms in total. The van der Waals surface area contributed by atoms with Crippen LogP contribution in [-0.4, -0.2) is 24.6 Å². The second-order valence-corrected chi connectivity index (χ2v) is 7.84. The van der Waals surface area contributed by atoms with E-state index in [1.807, 2.05) is 36.4 Å². The number of oxime groups is 1. The molecular weight excluding hydrogens is 350 g/mol. The minimum atomic E-state index is 0.00527. The molecule has 0 atom stereocenters. The second kappa shape index (κ2) is 8.34. The van der Waals surface area contributed by atoms with Crippen LogP contribution in [0.25, 0.3) is 10.8 Å². The molecule has 0 heterocycles. The third-order valence-corrected chi connectivity index (χ3v) is 4.72. The molecule has 0 saturated carbocycles. The number of para-hydroxylation sites is 1. The van der Waals surface area contributed by atoms with Gasteiger partial charge in [-0.25, -0.2) is 0 Å². The van der Waals surface area contributed by atoms with Crippen molar-refractivity contribution >= 4 is 17.0 Å². The highest BCUT2D eigenvalue weighted by Gasteiger charge is 2.20. The van der Waals surface area contributed by atoms with Gasteiger partial charge in [-0.2, -0.15) is 0 Å². The highest BCUT2D eigenvalue weighted by atomic mass is 16.5. The van der Waals surface area contributed by atoms with Crippen molar-refractivity contribution < 1.29 is 14.7 Å². The average Bonchev–Trinajstić information content (AvgIpc) is 2.66. The van der Waals surface area contributed by atoms with Gasteiger partial charge in [-0.3, -0.25) is 0 Å². The van der Waals surface area contributed by atoms with Crippen LogP contribution in [0, 0.1) is 6.92 Å². The molecule has 146 valence electrons. The molecule has 3 aromatic carbocycles. The molecule has 0 aromatic heterocycles. The number of hydrogen-bond acceptors (Lipinski definition) is 4. The Kier molecular flexibility index (Phi) is 5.88. The zero-order valence-electron chi connectivity index (χ0n) is 16.9. The number of ether oxygens (including phenoxy) is 2. The number of aryl methyl sites for hydroxylation is 1. The molecule has 1 N–H and O–H groups in total. The molecule has 0 amide bonds. The van der Waals surface area contributed by atoms with E-state index in [4.69, 9.17) is 14.7 Å². The fourth-order valence-electron chi connectivity index (χ4n) is 3.32. The Morgan fingerprint density at radius 1 is 0.929 bits per heavy atom. The summed E-state index contributed by atoms with van der Waals surface area (Å²) >= 11 is 0. The van der Waals surface area contributed by atoms with Crippen molar-refractivity contribution in [1.29, 1.82) is 0 Å². The summed E-state index contributed by atoms with van der Waals surface area (Å²) in [5.74, 6) is 1.59. The van der Waals surface area contributed by atoms with Crippen LogP contribution in [0.1, 0.15) is 37.5 Å². The van der Waals surface area contributed by atoms with E-state index in [1.165, 1.54) is 11.8 Å².